The van der Waals surface area contributed by atoms with Crippen LogP contribution in [0, 0.1) is 5.92 Å². The second-order valence-corrected chi connectivity index (χ2v) is 4.63. The van der Waals surface area contributed by atoms with Crippen LogP contribution >= 0.6 is 0 Å². The zero-order valence-electron chi connectivity index (χ0n) is 10.1. The second-order valence-electron chi connectivity index (χ2n) is 4.63. The Morgan fingerprint density at radius 3 is 2.56 bits per heavy atom. The number of anilines is 2. The highest BCUT2D eigenvalue weighted by Gasteiger charge is 2.16. The van der Waals surface area contributed by atoms with E-state index in [1.807, 2.05) is 12.1 Å². The minimum Gasteiger partial charge on any atom is -0.497 e. The number of hydrogen-bond acceptors (Lipinski definition) is 3. The normalized spacial score (nSPS) is 17.5. The van der Waals surface area contributed by atoms with Gasteiger partial charge >= 0.3 is 0 Å². The Balaban J connectivity index is 2.16. The van der Waals surface area contributed by atoms with Crippen molar-refractivity contribution >= 4 is 11.4 Å². The molecule has 2 rings (SSSR count). The van der Waals surface area contributed by atoms with Crippen molar-refractivity contribution in [1.29, 1.82) is 0 Å². The van der Waals surface area contributed by atoms with E-state index in [1.54, 1.807) is 7.11 Å². The molecule has 0 radical (unpaired) electrons. The van der Waals surface area contributed by atoms with Gasteiger partial charge in [-0.15, -0.1) is 0 Å². The van der Waals surface area contributed by atoms with Gasteiger partial charge in [-0.05, 0) is 24.8 Å². The molecule has 0 unspecified atom stereocenters. The molecule has 1 aliphatic rings. The Morgan fingerprint density at radius 1 is 1.25 bits per heavy atom. The molecule has 0 saturated carbocycles. The molecule has 88 valence electrons. The van der Waals surface area contributed by atoms with Crippen LogP contribution in [0.4, 0.5) is 11.4 Å². The van der Waals surface area contributed by atoms with Crippen molar-refractivity contribution in [2.24, 2.45) is 5.92 Å². The molecule has 0 aliphatic carbocycles. The van der Waals surface area contributed by atoms with Crippen LogP contribution in [0.15, 0.2) is 18.2 Å². The third kappa shape index (κ3) is 2.40. The lowest BCUT2D eigenvalue weighted by Crippen LogP contribution is -2.32. The lowest BCUT2D eigenvalue weighted by molar-refractivity contribution is 0.413. The van der Waals surface area contributed by atoms with Gasteiger partial charge in [-0.3, -0.25) is 0 Å². The molecule has 1 heterocycles. The van der Waals surface area contributed by atoms with E-state index >= 15 is 0 Å². The Bertz CT molecular complexity index is 357. The van der Waals surface area contributed by atoms with Crippen LogP contribution in [0.3, 0.4) is 0 Å². The van der Waals surface area contributed by atoms with E-state index in [2.05, 4.69) is 17.9 Å². The van der Waals surface area contributed by atoms with Crippen molar-refractivity contribution in [3.05, 3.63) is 18.2 Å². The quantitative estimate of drug-likeness (QED) is 0.778. The maximum Gasteiger partial charge on any atom is 0.122 e. The van der Waals surface area contributed by atoms with Gasteiger partial charge in [-0.25, -0.2) is 0 Å². The number of piperidine rings is 1. The summed E-state index contributed by atoms with van der Waals surface area (Å²) in [5.74, 6) is 1.69. The summed E-state index contributed by atoms with van der Waals surface area (Å²) in [7, 11) is 1.68. The van der Waals surface area contributed by atoms with Gasteiger partial charge in [0.1, 0.15) is 5.75 Å². The van der Waals surface area contributed by atoms with Crippen molar-refractivity contribution in [2.75, 3.05) is 30.8 Å². The first-order chi connectivity index (χ1) is 7.69. The number of nitrogen functional groups attached to an aromatic ring is 1. The van der Waals surface area contributed by atoms with Crippen molar-refractivity contribution < 1.29 is 4.74 Å². The Morgan fingerprint density at radius 2 is 1.94 bits per heavy atom. The molecule has 0 atom stereocenters. The fraction of sp³-hybridized carbons (Fsp3) is 0.538. The predicted octanol–water partition coefficient (Wildman–Crippen LogP) is 2.51. The van der Waals surface area contributed by atoms with E-state index in [0.29, 0.717) is 0 Å². The third-order valence-electron chi connectivity index (χ3n) is 3.30. The predicted molar refractivity (Wildman–Crippen MR) is 68.0 cm³/mol. The van der Waals surface area contributed by atoms with E-state index in [4.69, 9.17) is 10.5 Å². The summed E-state index contributed by atoms with van der Waals surface area (Å²) < 4.78 is 5.24. The van der Waals surface area contributed by atoms with Crippen LogP contribution in [-0.2, 0) is 0 Å². The summed E-state index contributed by atoms with van der Waals surface area (Å²) >= 11 is 0. The van der Waals surface area contributed by atoms with Gasteiger partial charge in [0.15, 0.2) is 0 Å². The maximum atomic E-state index is 5.86. The van der Waals surface area contributed by atoms with E-state index < -0.39 is 0 Å². The van der Waals surface area contributed by atoms with Crippen LogP contribution in [0.1, 0.15) is 19.8 Å². The van der Waals surface area contributed by atoms with E-state index in [0.717, 1.165) is 30.4 Å². The second kappa shape index (κ2) is 4.64. The first-order valence-electron chi connectivity index (χ1n) is 5.88. The van der Waals surface area contributed by atoms with Crippen LogP contribution in [0.5, 0.6) is 5.75 Å². The lowest BCUT2D eigenvalue weighted by Gasteiger charge is -2.32. The fourth-order valence-corrected chi connectivity index (χ4v) is 2.17. The highest BCUT2D eigenvalue weighted by atomic mass is 16.5. The Kier molecular flexibility index (Phi) is 3.22. The molecule has 0 bridgehead atoms. The maximum absolute atomic E-state index is 5.86. The van der Waals surface area contributed by atoms with Crippen LogP contribution in [0.2, 0.25) is 0 Å². The molecule has 1 fully saturated rings. The first-order valence-corrected chi connectivity index (χ1v) is 5.88. The number of nitrogens with two attached hydrogens (primary N) is 1. The van der Waals surface area contributed by atoms with Gasteiger partial charge in [0.05, 0.1) is 7.11 Å². The van der Waals surface area contributed by atoms with Crippen molar-refractivity contribution in [2.45, 2.75) is 19.8 Å². The van der Waals surface area contributed by atoms with Gasteiger partial charge in [0.2, 0.25) is 0 Å². The number of methoxy groups -OCH3 is 1. The van der Waals surface area contributed by atoms with Crippen molar-refractivity contribution in [1.82, 2.24) is 0 Å². The molecule has 0 aromatic heterocycles. The van der Waals surface area contributed by atoms with Gasteiger partial charge in [0, 0.05) is 36.6 Å². The number of hydrogen-bond donors (Lipinski definition) is 1. The first kappa shape index (κ1) is 11.1. The Hall–Kier alpha value is -1.38. The summed E-state index contributed by atoms with van der Waals surface area (Å²) in [6.07, 6.45) is 2.52. The van der Waals surface area contributed by atoms with E-state index in [-0.39, 0.29) is 0 Å². The van der Waals surface area contributed by atoms with Gasteiger partial charge in [0.25, 0.3) is 0 Å². The largest absolute Gasteiger partial charge is 0.497 e. The molecule has 1 aromatic carbocycles. The SMILES string of the molecule is COc1cc(N)cc(N2CCC(C)CC2)c1. The molecule has 1 saturated heterocycles. The highest BCUT2D eigenvalue weighted by molar-refractivity contribution is 5.60. The summed E-state index contributed by atoms with van der Waals surface area (Å²) in [5, 5.41) is 0. The zero-order chi connectivity index (χ0) is 11.5. The summed E-state index contributed by atoms with van der Waals surface area (Å²) in [5.41, 5.74) is 7.82. The van der Waals surface area contributed by atoms with E-state index in [9.17, 15) is 0 Å². The number of rotatable bonds is 2. The minimum absolute atomic E-state index is 0.771. The number of ether oxygens (including phenoxy) is 1. The summed E-state index contributed by atoms with van der Waals surface area (Å²) in [4.78, 5) is 2.39. The standard InChI is InChI=1S/C13H20N2O/c1-10-3-5-15(6-4-10)12-7-11(14)8-13(9-12)16-2/h7-10H,3-6,14H2,1-2H3. The van der Waals surface area contributed by atoms with Crippen LogP contribution in [0.25, 0.3) is 0 Å². The van der Waals surface area contributed by atoms with Gasteiger partial charge in [-0.2, -0.15) is 0 Å². The van der Waals surface area contributed by atoms with Crippen molar-refractivity contribution in [3.8, 4) is 5.75 Å². The van der Waals surface area contributed by atoms with Crippen LogP contribution < -0.4 is 15.4 Å². The number of benzene rings is 1. The molecule has 2 N–H and O–H groups in total. The third-order valence-corrected chi connectivity index (χ3v) is 3.30. The monoisotopic (exact) mass is 220 g/mol. The molecular weight excluding hydrogens is 200 g/mol. The molecular formula is C13H20N2O. The van der Waals surface area contributed by atoms with E-state index in [1.165, 1.54) is 18.5 Å². The topological polar surface area (TPSA) is 38.5 Å². The summed E-state index contributed by atoms with van der Waals surface area (Å²) in [6, 6.07) is 5.95. The van der Waals surface area contributed by atoms with Gasteiger partial charge < -0.3 is 15.4 Å². The smallest absolute Gasteiger partial charge is 0.122 e. The lowest BCUT2D eigenvalue weighted by atomic mass is 9.99. The summed E-state index contributed by atoms with van der Waals surface area (Å²) in [6.45, 7) is 4.55. The number of nitrogens with zero attached hydrogens (tertiary/aromatic N) is 1. The average Bonchev–Trinajstić information content (AvgIpc) is 2.29. The molecule has 1 aliphatic heterocycles. The average molecular weight is 220 g/mol. The fourth-order valence-electron chi connectivity index (χ4n) is 2.17. The molecule has 1 aromatic rings. The Labute approximate surface area is 97.2 Å². The molecule has 3 heteroatoms. The molecule has 0 spiro atoms. The zero-order valence-corrected chi connectivity index (χ0v) is 10.1. The highest BCUT2D eigenvalue weighted by Crippen LogP contribution is 2.28. The van der Waals surface area contributed by atoms with Crippen LogP contribution in [-0.4, -0.2) is 20.2 Å². The van der Waals surface area contributed by atoms with Gasteiger partial charge in [-0.1, -0.05) is 6.92 Å². The molecule has 16 heavy (non-hydrogen) atoms. The molecule has 3 nitrogen and oxygen atoms in total. The molecule has 0 amide bonds. The van der Waals surface area contributed by atoms with Crippen molar-refractivity contribution in [3.63, 3.8) is 0 Å². The minimum atomic E-state index is 0.771.